The number of hydrogen-bond donors (Lipinski definition) is 3. The second kappa shape index (κ2) is 6.58. The van der Waals surface area contributed by atoms with Crippen molar-refractivity contribution in [3.63, 3.8) is 0 Å². The van der Waals surface area contributed by atoms with Crippen molar-refractivity contribution < 1.29 is 19.0 Å². The zero-order chi connectivity index (χ0) is 19.1. The minimum absolute atomic E-state index is 0.134. The lowest BCUT2D eigenvalue weighted by atomic mass is 9.82. The largest absolute Gasteiger partial charge is 0.463 e. The third-order valence-corrected chi connectivity index (χ3v) is 4.70. The van der Waals surface area contributed by atoms with Crippen molar-refractivity contribution in [3.8, 4) is 11.5 Å². The summed E-state index contributed by atoms with van der Waals surface area (Å²) in [6, 6.07) is 5.34. The number of anilines is 1. The van der Waals surface area contributed by atoms with Gasteiger partial charge in [0.25, 0.3) is 5.56 Å². The molecule has 2 aliphatic heterocycles. The highest BCUT2D eigenvalue weighted by atomic mass is 32.1. The topological polar surface area (TPSA) is 105 Å². The molecule has 0 aliphatic carbocycles. The van der Waals surface area contributed by atoms with E-state index in [2.05, 4.69) is 15.3 Å². The first-order chi connectivity index (χ1) is 13.0. The van der Waals surface area contributed by atoms with Gasteiger partial charge in [-0.3, -0.25) is 9.78 Å². The minimum atomic E-state index is -0.648. The third kappa shape index (κ3) is 2.89. The summed E-state index contributed by atoms with van der Waals surface area (Å²) >= 11 is 5.07. The van der Waals surface area contributed by atoms with Gasteiger partial charge < -0.3 is 24.5 Å². The predicted molar refractivity (Wildman–Crippen MR) is 99.6 cm³/mol. The van der Waals surface area contributed by atoms with Gasteiger partial charge in [-0.15, -0.1) is 0 Å². The Bertz CT molecular complexity index is 1090. The minimum Gasteiger partial charge on any atom is -0.463 e. The molecule has 0 spiro atoms. The van der Waals surface area contributed by atoms with Gasteiger partial charge in [0.15, 0.2) is 16.3 Å². The number of esters is 1. The first kappa shape index (κ1) is 17.3. The van der Waals surface area contributed by atoms with Crippen LogP contribution >= 0.6 is 12.2 Å². The molecule has 9 heteroatoms. The van der Waals surface area contributed by atoms with Crippen LogP contribution in [0.25, 0.3) is 0 Å². The van der Waals surface area contributed by atoms with E-state index in [4.69, 9.17) is 26.4 Å². The number of benzene rings is 1. The highest BCUT2D eigenvalue weighted by molar-refractivity contribution is 7.71. The molecule has 0 unspecified atom stereocenters. The van der Waals surface area contributed by atoms with Crippen LogP contribution < -0.4 is 20.3 Å². The molecular weight excluding hydrogens is 370 g/mol. The molecular formula is C18H17N3O5S. The smallest absolute Gasteiger partial charge is 0.336 e. The second-order valence-corrected chi connectivity index (χ2v) is 6.54. The molecule has 0 bridgehead atoms. The average Bonchev–Trinajstić information content (AvgIpc) is 3.07. The molecule has 8 nitrogen and oxygen atoms in total. The normalized spacial score (nSPS) is 17.3. The van der Waals surface area contributed by atoms with Crippen LogP contribution in [-0.2, 0) is 9.53 Å². The average molecular weight is 387 g/mol. The number of carbonyl (C=O) groups excluding carboxylic acids is 1. The highest BCUT2D eigenvalue weighted by Gasteiger charge is 2.36. The number of aromatic amines is 2. The maximum Gasteiger partial charge on any atom is 0.336 e. The van der Waals surface area contributed by atoms with Gasteiger partial charge in [-0.1, -0.05) is 6.07 Å². The monoisotopic (exact) mass is 387 g/mol. The van der Waals surface area contributed by atoms with Gasteiger partial charge in [-0.25, -0.2) is 4.79 Å². The van der Waals surface area contributed by atoms with Crippen molar-refractivity contribution >= 4 is 24.0 Å². The van der Waals surface area contributed by atoms with Gasteiger partial charge in [0, 0.05) is 5.70 Å². The van der Waals surface area contributed by atoms with Gasteiger partial charge in [0.05, 0.1) is 23.7 Å². The zero-order valence-corrected chi connectivity index (χ0v) is 15.5. The number of nitrogens with one attached hydrogen (secondary N) is 3. The van der Waals surface area contributed by atoms with Crippen LogP contribution in [0.1, 0.15) is 30.9 Å². The summed E-state index contributed by atoms with van der Waals surface area (Å²) in [6.45, 7) is 3.85. The molecule has 1 aromatic heterocycles. The number of aromatic nitrogens is 2. The number of hydrogen-bond acceptors (Lipinski definition) is 7. The van der Waals surface area contributed by atoms with E-state index in [1.807, 2.05) is 0 Å². The standard InChI is InChI=1S/C18H17N3O5S/c1-3-24-17(23)12-8(2)19-15-14(16(22)21-18(27)20-15)13(12)9-4-5-10-11(6-9)26-7-25-10/h4-6,13H,3,7H2,1-2H3,(H3,19,20,21,22,27)/t13-/m0/s1. The summed E-state index contributed by atoms with van der Waals surface area (Å²) in [5, 5.41) is 3.06. The third-order valence-electron chi connectivity index (χ3n) is 4.50. The maximum atomic E-state index is 12.7. The molecule has 1 aromatic carbocycles. The van der Waals surface area contributed by atoms with Gasteiger partial charge in [0.2, 0.25) is 6.79 Å². The summed E-state index contributed by atoms with van der Waals surface area (Å²) in [4.78, 5) is 31.0. The molecule has 2 aromatic rings. The quantitative estimate of drug-likeness (QED) is 0.549. The number of rotatable bonds is 3. The lowest BCUT2D eigenvalue weighted by Gasteiger charge is -2.29. The number of H-pyrrole nitrogens is 2. The van der Waals surface area contributed by atoms with E-state index in [0.29, 0.717) is 39.7 Å². The lowest BCUT2D eigenvalue weighted by molar-refractivity contribution is -0.138. The Morgan fingerprint density at radius 1 is 1.30 bits per heavy atom. The van der Waals surface area contributed by atoms with E-state index in [1.54, 1.807) is 32.0 Å². The number of ether oxygens (including phenoxy) is 3. The second-order valence-electron chi connectivity index (χ2n) is 6.13. The van der Waals surface area contributed by atoms with E-state index in [-0.39, 0.29) is 23.7 Å². The first-order valence-corrected chi connectivity index (χ1v) is 8.81. The molecule has 27 heavy (non-hydrogen) atoms. The fourth-order valence-corrected chi connectivity index (χ4v) is 3.59. The number of carbonyl (C=O) groups is 1. The van der Waals surface area contributed by atoms with E-state index in [9.17, 15) is 9.59 Å². The number of allylic oxidation sites excluding steroid dienone is 1. The van der Waals surface area contributed by atoms with Crippen LogP contribution in [0.5, 0.6) is 11.5 Å². The molecule has 0 radical (unpaired) electrons. The Hall–Kier alpha value is -3.07. The summed E-state index contributed by atoms with van der Waals surface area (Å²) < 4.78 is 16.3. The Balaban J connectivity index is 1.95. The summed E-state index contributed by atoms with van der Waals surface area (Å²) in [5.41, 5.74) is 1.63. The fraction of sp³-hybridized carbons (Fsp3) is 0.278. The SMILES string of the molecule is CCOC(=O)C1=C(C)Nc2[nH]c(=S)[nH]c(=O)c2[C@H]1c1ccc2c(c1)OCO2. The van der Waals surface area contributed by atoms with E-state index in [1.165, 1.54) is 0 Å². The molecule has 3 N–H and O–H groups in total. The van der Waals surface area contributed by atoms with Crippen molar-refractivity contribution in [1.29, 1.82) is 0 Å². The summed E-state index contributed by atoms with van der Waals surface area (Å²) in [7, 11) is 0. The molecule has 4 rings (SSSR count). The van der Waals surface area contributed by atoms with Crippen molar-refractivity contribution in [2.45, 2.75) is 19.8 Å². The Labute approximate surface area is 159 Å². The highest BCUT2D eigenvalue weighted by Crippen LogP contribution is 2.43. The molecule has 2 aliphatic rings. The number of fused-ring (bicyclic) bond motifs is 2. The molecule has 1 atom stereocenters. The molecule has 0 saturated heterocycles. The van der Waals surface area contributed by atoms with Crippen molar-refractivity contribution in [2.75, 3.05) is 18.7 Å². The van der Waals surface area contributed by atoms with Crippen molar-refractivity contribution in [1.82, 2.24) is 9.97 Å². The van der Waals surface area contributed by atoms with Crippen LogP contribution in [0.2, 0.25) is 0 Å². The summed E-state index contributed by atoms with van der Waals surface area (Å²) in [6.07, 6.45) is 0. The Morgan fingerprint density at radius 2 is 2.07 bits per heavy atom. The fourth-order valence-electron chi connectivity index (χ4n) is 3.39. The van der Waals surface area contributed by atoms with Crippen LogP contribution in [-0.4, -0.2) is 29.3 Å². The molecule has 0 amide bonds. The predicted octanol–water partition coefficient (Wildman–Crippen LogP) is 2.56. The zero-order valence-electron chi connectivity index (χ0n) is 14.7. The van der Waals surface area contributed by atoms with Crippen LogP contribution in [0.3, 0.4) is 0 Å². The van der Waals surface area contributed by atoms with E-state index in [0.717, 1.165) is 0 Å². The van der Waals surface area contributed by atoms with Crippen molar-refractivity contribution in [3.05, 3.63) is 55.7 Å². The summed E-state index contributed by atoms with van der Waals surface area (Å²) in [5.74, 6) is 0.501. The van der Waals surface area contributed by atoms with E-state index >= 15 is 0 Å². The molecule has 140 valence electrons. The van der Waals surface area contributed by atoms with Crippen LogP contribution in [0, 0.1) is 4.77 Å². The van der Waals surface area contributed by atoms with Gasteiger partial charge >= 0.3 is 5.97 Å². The van der Waals surface area contributed by atoms with Gasteiger partial charge in [-0.2, -0.15) is 0 Å². The van der Waals surface area contributed by atoms with Crippen molar-refractivity contribution in [2.24, 2.45) is 0 Å². The van der Waals surface area contributed by atoms with Gasteiger partial charge in [0.1, 0.15) is 5.82 Å². The molecule has 3 heterocycles. The Morgan fingerprint density at radius 3 is 2.85 bits per heavy atom. The van der Waals surface area contributed by atoms with Crippen LogP contribution in [0.4, 0.5) is 5.82 Å². The first-order valence-electron chi connectivity index (χ1n) is 8.40. The molecule has 0 saturated carbocycles. The maximum absolute atomic E-state index is 12.7. The van der Waals surface area contributed by atoms with Crippen LogP contribution in [0.15, 0.2) is 34.3 Å². The van der Waals surface area contributed by atoms with Gasteiger partial charge in [-0.05, 0) is 43.8 Å². The Kier molecular flexibility index (Phi) is 4.23. The van der Waals surface area contributed by atoms with E-state index < -0.39 is 11.9 Å². The molecule has 0 fully saturated rings. The lowest BCUT2D eigenvalue weighted by Crippen LogP contribution is -2.31.